The Balaban J connectivity index is 3.45. The van der Waals surface area contributed by atoms with Crippen LogP contribution in [0.15, 0.2) is 12.1 Å². The Morgan fingerprint density at radius 2 is 1.86 bits per heavy atom. The molecule has 0 aliphatic carbocycles. The molecule has 1 aromatic rings. The average molecular weight is 310 g/mol. The van der Waals surface area contributed by atoms with E-state index >= 15 is 0 Å². The number of aromatic carboxylic acids is 1. The number of rotatable bonds is 3. The molecule has 22 heavy (non-hydrogen) atoms. The van der Waals surface area contributed by atoms with E-state index in [4.69, 9.17) is 9.84 Å². The number of carboxylic acid groups (broad SMARTS) is 1. The summed E-state index contributed by atoms with van der Waals surface area (Å²) in [5.41, 5.74) is -1.61. The first-order chi connectivity index (χ1) is 9.95. The van der Waals surface area contributed by atoms with E-state index in [2.05, 4.69) is 0 Å². The van der Waals surface area contributed by atoms with Gasteiger partial charge in [-0.25, -0.2) is 9.59 Å². The SMILES string of the molecule is Cc1ccc(C(=O)O)c([N+](=O)[O-])c1N(C)C(=O)OC(C)(C)C. The number of amides is 1. The highest BCUT2D eigenvalue weighted by molar-refractivity contribution is 6.00. The van der Waals surface area contributed by atoms with Gasteiger partial charge in [0.05, 0.1) is 4.92 Å². The van der Waals surface area contributed by atoms with Crippen molar-refractivity contribution in [2.45, 2.75) is 33.3 Å². The molecule has 0 atom stereocenters. The van der Waals surface area contributed by atoms with Crippen molar-refractivity contribution in [3.63, 3.8) is 0 Å². The van der Waals surface area contributed by atoms with E-state index < -0.39 is 33.8 Å². The Morgan fingerprint density at radius 1 is 1.32 bits per heavy atom. The second-order valence-electron chi connectivity index (χ2n) is 5.73. The van der Waals surface area contributed by atoms with Crippen LogP contribution in [0.5, 0.6) is 0 Å². The highest BCUT2D eigenvalue weighted by Gasteiger charge is 2.32. The van der Waals surface area contributed by atoms with Crippen LogP contribution in [0, 0.1) is 17.0 Å². The Morgan fingerprint density at radius 3 is 2.27 bits per heavy atom. The maximum Gasteiger partial charge on any atom is 0.414 e. The van der Waals surface area contributed by atoms with Crippen LogP contribution < -0.4 is 4.90 Å². The molecule has 0 saturated carbocycles. The third-order valence-electron chi connectivity index (χ3n) is 2.77. The molecule has 8 heteroatoms. The maximum atomic E-state index is 12.1. The molecule has 0 fully saturated rings. The van der Waals surface area contributed by atoms with Gasteiger partial charge in [-0.3, -0.25) is 15.0 Å². The van der Waals surface area contributed by atoms with Crippen molar-refractivity contribution >= 4 is 23.4 Å². The van der Waals surface area contributed by atoms with Gasteiger partial charge >= 0.3 is 17.7 Å². The third kappa shape index (κ3) is 3.72. The molecule has 0 unspecified atom stereocenters. The van der Waals surface area contributed by atoms with Gasteiger partial charge in [-0.05, 0) is 39.3 Å². The van der Waals surface area contributed by atoms with Crippen LogP contribution in [0.3, 0.4) is 0 Å². The van der Waals surface area contributed by atoms with Gasteiger partial charge < -0.3 is 9.84 Å². The predicted octanol–water partition coefficient (Wildman–Crippen LogP) is 2.97. The molecule has 0 spiro atoms. The first-order valence-electron chi connectivity index (χ1n) is 6.43. The van der Waals surface area contributed by atoms with E-state index in [0.29, 0.717) is 5.56 Å². The zero-order valence-electron chi connectivity index (χ0n) is 13.0. The molecule has 1 N–H and O–H groups in total. The average Bonchev–Trinajstić information content (AvgIpc) is 2.34. The molecule has 8 nitrogen and oxygen atoms in total. The molecule has 120 valence electrons. The minimum Gasteiger partial charge on any atom is -0.477 e. The van der Waals surface area contributed by atoms with Crippen molar-refractivity contribution < 1.29 is 24.4 Å². The number of hydrogen-bond acceptors (Lipinski definition) is 5. The number of ether oxygens (including phenoxy) is 1. The fraction of sp³-hybridized carbons (Fsp3) is 0.429. The number of carbonyl (C=O) groups is 2. The quantitative estimate of drug-likeness (QED) is 0.678. The second kappa shape index (κ2) is 6.00. The van der Waals surface area contributed by atoms with Crippen molar-refractivity contribution in [2.24, 2.45) is 0 Å². The van der Waals surface area contributed by atoms with E-state index in [0.717, 1.165) is 11.0 Å². The van der Waals surface area contributed by atoms with Crippen LogP contribution in [0.2, 0.25) is 0 Å². The molecule has 0 bridgehead atoms. The summed E-state index contributed by atoms with van der Waals surface area (Å²) in [7, 11) is 1.30. The summed E-state index contributed by atoms with van der Waals surface area (Å²) in [6.07, 6.45) is -0.804. The molecule has 0 radical (unpaired) electrons. The first-order valence-corrected chi connectivity index (χ1v) is 6.43. The predicted molar refractivity (Wildman–Crippen MR) is 79.4 cm³/mol. The molecular formula is C14H18N2O6. The molecule has 0 aromatic heterocycles. The van der Waals surface area contributed by atoms with E-state index in [1.54, 1.807) is 27.7 Å². The zero-order valence-corrected chi connectivity index (χ0v) is 13.0. The number of benzene rings is 1. The normalized spacial score (nSPS) is 11.0. The van der Waals surface area contributed by atoms with Crippen molar-refractivity contribution in [2.75, 3.05) is 11.9 Å². The first kappa shape index (κ1) is 17.4. The van der Waals surface area contributed by atoms with Crippen molar-refractivity contribution in [1.29, 1.82) is 0 Å². The smallest absolute Gasteiger partial charge is 0.414 e. The van der Waals surface area contributed by atoms with Gasteiger partial charge in [0, 0.05) is 7.05 Å². The van der Waals surface area contributed by atoms with Gasteiger partial charge in [0.25, 0.3) is 0 Å². The minimum atomic E-state index is -1.44. The van der Waals surface area contributed by atoms with Crippen LogP contribution >= 0.6 is 0 Å². The molecule has 0 heterocycles. The van der Waals surface area contributed by atoms with Crippen LogP contribution in [0.4, 0.5) is 16.2 Å². The van der Waals surface area contributed by atoms with Crippen LogP contribution in [-0.4, -0.2) is 34.7 Å². The number of hydrogen-bond donors (Lipinski definition) is 1. The number of carboxylic acids is 1. The van der Waals surface area contributed by atoms with Crippen molar-refractivity contribution in [1.82, 2.24) is 0 Å². The van der Waals surface area contributed by atoms with Crippen LogP contribution in [-0.2, 0) is 4.74 Å². The largest absolute Gasteiger partial charge is 0.477 e. The molecule has 1 rings (SSSR count). The Labute approximate surface area is 127 Å². The molecule has 1 amide bonds. The van der Waals surface area contributed by atoms with Gasteiger partial charge in [0.1, 0.15) is 16.9 Å². The lowest BCUT2D eigenvalue weighted by molar-refractivity contribution is -0.384. The lowest BCUT2D eigenvalue weighted by Gasteiger charge is -2.25. The summed E-state index contributed by atoms with van der Waals surface area (Å²) >= 11 is 0. The Kier molecular flexibility index (Phi) is 4.75. The Hall–Kier alpha value is -2.64. The van der Waals surface area contributed by atoms with Crippen molar-refractivity contribution in [3.05, 3.63) is 33.4 Å². The number of anilines is 1. The summed E-state index contributed by atoms with van der Waals surface area (Å²) in [6.45, 7) is 6.53. The molecule has 1 aromatic carbocycles. The monoisotopic (exact) mass is 310 g/mol. The second-order valence-corrected chi connectivity index (χ2v) is 5.73. The maximum absolute atomic E-state index is 12.1. The van der Waals surface area contributed by atoms with Crippen LogP contribution in [0.1, 0.15) is 36.7 Å². The van der Waals surface area contributed by atoms with E-state index in [-0.39, 0.29) is 5.69 Å². The fourth-order valence-corrected chi connectivity index (χ4v) is 1.88. The molecule has 0 saturated heterocycles. The number of aryl methyl sites for hydroxylation is 1. The number of carbonyl (C=O) groups excluding carboxylic acids is 1. The van der Waals surface area contributed by atoms with Crippen molar-refractivity contribution in [3.8, 4) is 0 Å². The molecular weight excluding hydrogens is 292 g/mol. The fourth-order valence-electron chi connectivity index (χ4n) is 1.88. The third-order valence-corrected chi connectivity index (χ3v) is 2.77. The van der Waals surface area contributed by atoms with E-state index in [1.807, 2.05) is 0 Å². The summed E-state index contributed by atoms with van der Waals surface area (Å²) in [6, 6.07) is 2.55. The summed E-state index contributed by atoms with van der Waals surface area (Å²) in [5.74, 6) is -1.44. The van der Waals surface area contributed by atoms with Gasteiger partial charge in [-0.15, -0.1) is 0 Å². The number of nitrogens with zero attached hydrogens (tertiary/aromatic N) is 2. The minimum absolute atomic E-state index is 0.0980. The van der Waals surface area contributed by atoms with E-state index in [9.17, 15) is 19.7 Å². The highest BCUT2D eigenvalue weighted by Crippen LogP contribution is 2.35. The topological polar surface area (TPSA) is 110 Å². The standard InChI is InChI=1S/C14H18N2O6/c1-8-6-7-9(12(17)18)11(16(20)21)10(8)15(5)13(19)22-14(2,3)4/h6-7H,1-5H3,(H,17,18). The lowest BCUT2D eigenvalue weighted by Crippen LogP contribution is -2.35. The number of nitro benzene ring substituents is 1. The van der Waals surface area contributed by atoms with E-state index in [1.165, 1.54) is 13.1 Å². The molecule has 0 aliphatic rings. The zero-order chi connectivity index (χ0) is 17.2. The van der Waals surface area contributed by atoms with Gasteiger partial charge in [-0.1, -0.05) is 6.07 Å². The molecule has 0 aliphatic heterocycles. The Bertz CT molecular complexity index is 633. The number of nitro groups is 1. The summed E-state index contributed by atoms with van der Waals surface area (Å²) < 4.78 is 5.16. The van der Waals surface area contributed by atoms with Crippen LogP contribution in [0.25, 0.3) is 0 Å². The van der Waals surface area contributed by atoms with Gasteiger partial charge in [-0.2, -0.15) is 0 Å². The summed E-state index contributed by atoms with van der Waals surface area (Å²) in [4.78, 5) is 34.7. The summed E-state index contributed by atoms with van der Waals surface area (Å²) in [5, 5.41) is 20.4. The van der Waals surface area contributed by atoms with Gasteiger partial charge in [0.15, 0.2) is 0 Å². The highest BCUT2D eigenvalue weighted by atomic mass is 16.6. The lowest BCUT2D eigenvalue weighted by atomic mass is 10.1. The van der Waals surface area contributed by atoms with Gasteiger partial charge in [0.2, 0.25) is 0 Å².